The van der Waals surface area contributed by atoms with Crippen molar-refractivity contribution in [1.82, 2.24) is 9.80 Å². The summed E-state index contributed by atoms with van der Waals surface area (Å²) in [6.07, 6.45) is 0. The molecule has 33 heavy (non-hydrogen) atoms. The van der Waals surface area contributed by atoms with Crippen LogP contribution < -0.4 is 4.74 Å². The van der Waals surface area contributed by atoms with Crippen LogP contribution in [0.15, 0.2) is 48.0 Å². The number of ketones is 1. The molecule has 0 aliphatic carbocycles. The summed E-state index contributed by atoms with van der Waals surface area (Å²) in [6.45, 7) is 9.52. The molecule has 0 spiro atoms. The Kier molecular flexibility index (Phi) is 7.59. The number of benzene rings is 2. The van der Waals surface area contributed by atoms with Crippen LogP contribution in [-0.2, 0) is 9.59 Å². The summed E-state index contributed by atoms with van der Waals surface area (Å²) >= 11 is 0. The molecule has 2 aromatic rings. The Bertz CT molecular complexity index is 1050. The second-order valence-electron chi connectivity index (χ2n) is 9.03. The van der Waals surface area contributed by atoms with Gasteiger partial charge in [0.25, 0.3) is 11.7 Å². The van der Waals surface area contributed by atoms with E-state index < -0.39 is 17.7 Å². The van der Waals surface area contributed by atoms with Gasteiger partial charge in [-0.1, -0.05) is 38.1 Å². The number of hydrogen-bond donors (Lipinski definition) is 1. The van der Waals surface area contributed by atoms with E-state index in [-0.39, 0.29) is 11.3 Å². The molecule has 3 rings (SSSR count). The monoisotopic (exact) mass is 450 g/mol. The number of Topliss-reactive ketones (excluding diaryl/α,β-unsaturated/α-hetero) is 1. The molecule has 1 aliphatic rings. The third kappa shape index (κ3) is 5.11. The van der Waals surface area contributed by atoms with Gasteiger partial charge >= 0.3 is 0 Å². The maximum absolute atomic E-state index is 13.2. The van der Waals surface area contributed by atoms with E-state index in [0.717, 1.165) is 11.1 Å². The molecule has 6 heteroatoms. The maximum atomic E-state index is 13.2. The van der Waals surface area contributed by atoms with Gasteiger partial charge in [-0.25, -0.2) is 0 Å². The molecule has 1 amide bonds. The lowest BCUT2D eigenvalue weighted by Gasteiger charge is -2.27. The van der Waals surface area contributed by atoms with Gasteiger partial charge in [-0.2, -0.15) is 0 Å². The van der Waals surface area contributed by atoms with Crippen molar-refractivity contribution in [2.45, 2.75) is 39.7 Å². The fraction of sp³-hybridized carbons (Fsp3) is 0.407. The van der Waals surface area contributed by atoms with Gasteiger partial charge in [0.15, 0.2) is 0 Å². The van der Waals surface area contributed by atoms with E-state index >= 15 is 0 Å². The fourth-order valence-electron chi connectivity index (χ4n) is 4.13. The van der Waals surface area contributed by atoms with Crippen LogP contribution in [0.3, 0.4) is 0 Å². The van der Waals surface area contributed by atoms with Crippen molar-refractivity contribution in [3.8, 4) is 5.75 Å². The summed E-state index contributed by atoms with van der Waals surface area (Å²) < 4.78 is 5.55. The van der Waals surface area contributed by atoms with Crippen molar-refractivity contribution in [3.63, 3.8) is 0 Å². The molecule has 1 fully saturated rings. The number of carbonyl (C=O) groups excluding carboxylic acids is 2. The first-order valence-corrected chi connectivity index (χ1v) is 11.4. The van der Waals surface area contributed by atoms with E-state index in [4.69, 9.17) is 4.74 Å². The van der Waals surface area contributed by atoms with Crippen molar-refractivity contribution in [2.75, 3.05) is 33.8 Å². The number of aryl methyl sites for hydroxylation is 1. The standard InChI is InChI=1S/C27H34N2O4/c1-7-33-21-12-13-22(18(4)16-21)25(30)23-24(20-10-8-19(9-11-20)17(2)3)29(15-14-28(5)6)27(32)26(23)31/h8-13,16-17,24,30H,7,14-15H2,1-6H3/b25-23-. The van der Waals surface area contributed by atoms with Crippen LogP contribution in [0.4, 0.5) is 0 Å². The minimum atomic E-state index is -0.655. The van der Waals surface area contributed by atoms with Gasteiger partial charge in [0, 0.05) is 18.7 Å². The maximum Gasteiger partial charge on any atom is 0.295 e. The summed E-state index contributed by atoms with van der Waals surface area (Å²) in [4.78, 5) is 29.7. The molecule has 0 aromatic heterocycles. The third-order valence-electron chi connectivity index (χ3n) is 6.01. The molecule has 1 saturated heterocycles. The number of nitrogens with zero attached hydrogens (tertiary/aromatic N) is 2. The number of likely N-dealkylation sites (N-methyl/N-ethyl adjacent to an activating group) is 1. The molecular formula is C27H34N2O4. The zero-order valence-electron chi connectivity index (χ0n) is 20.4. The molecule has 176 valence electrons. The second-order valence-corrected chi connectivity index (χ2v) is 9.03. The molecule has 1 atom stereocenters. The van der Waals surface area contributed by atoms with E-state index in [2.05, 4.69) is 13.8 Å². The summed E-state index contributed by atoms with van der Waals surface area (Å²) in [5.74, 6) is -0.332. The summed E-state index contributed by atoms with van der Waals surface area (Å²) in [5.41, 5.74) is 3.40. The largest absolute Gasteiger partial charge is 0.507 e. The Labute approximate surface area is 196 Å². The first-order chi connectivity index (χ1) is 15.6. The van der Waals surface area contributed by atoms with Gasteiger partial charge in [0.2, 0.25) is 0 Å². The van der Waals surface area contributed by atoms with E-state index in [1.54, 1.807) is 17.0 Å². The highest BCUT2D eigenvalue weighted by Gasteiger charge is 2.46. The number of likely N-dealkylation sites (tertiary alicyclic amines) is 1. The number of aliphatic hydroxyl groups is 1. The Morgan fingerprint density at radius 2 is 1.79 bits per heavy atom. The third-order valence-corrected chi connectivity index (χ3v) is 6.01. The number of amides is 1. The van der Waals surface area contributed by atoms with Crippen molar-refractivity contribution in [2.24, 2.45) is 0 Å². The van der Waals surface area contributed by atoms with Crippen molar-refractivity contribution in [1.29, 1.82) is 0 Å². The molecule has 1 aliphatic heterocycles. The number of ether oxygens (including phenoxy) is 1. The zero-order valence-corrected chi connectivity index (χ0v) is 20.4. The highest BCUT2D eigenvalue weighted by molar-refractivity contribution is 6.46. The van der Waals surface area contributed by atoms with E-state index in [1.165, 1.54) is 5.56 Å². The van der Waals surface area contributed by atoms with Crippen LogP contribution >= 0.6 is 0 Å². The molecular weight excluding hydrogens is 416 g/mol. The Balaban J connectivity index is 2.13. The predicted octanol–water partition coefficient (Wildman–Crippen LogP) is 4.50. The number of carbonyl (C=O) groups is 2. The molecule has 2 aromatic carbocycles. The number of aliphatic hydroxyl groups excluding tert-OH is 1. The molecule has 1 heterocycles. The normalized spacial score (nSPS) is 17.9. The van der Waals surface area contributed by atoms with Gasteiger partial charge in [0.05, 0.1) is 18.2 Å². The quantitative estimate of drug-likeness (QED) is 0.364. The van der Waals surface area contributed by atoms with E-state index in [9.17, 15) is 14.7 Å². The summed E-state index contributed by atoms with van der Waals surface area (Å²) in [5, 5.41) is 11.3. The SMILES string of the molecule is CCOc1ccc(/C(O)=C2/C(=O)C(=O)N(CCN(C)C)C2c2ccc(C(C)C)cc2)c(C)c1. The van der Waals surface area contributed by atoms with Crippen LogP contribution in [0.2, 0.25) is 0 Å². The Morgan fingerprint density at radius 3 is 2.33 bits per heavy atom. The smallest absolute Gasteiger partial charge is 0.295 e. The minimum Gasteiger partial charge on any atom is -0.507 e. The van der Waals surface area contributed by atoms with Crippen molar-refractivity contribution < 1.29 is 19.4 Å². The summed E-state index contributed by atoms with van der Waals surface area (Å²) in [6, 6.07) is 12.6. The van der Waals surface area contributed by atoms with Crippen LogP contribution in [0.1, 0.15) is 55.0 Å². The topological polar surface area (TPSA) is 70.1 Å². The first kappa shape index (κ1) is 24.5. The molecule has 0 saturated carbocycles. The lowest BCUT2D eigenvalue weighted by Crippen LogP contribution is -2.35. The minimum absolute atomic E-state index is 0.128. The molecule has 6 nitrogen and oxygen atoms in total. The highest BCUT2D eigenvalue weighted by Crippen LogP contribution is 2.40. The van der Waals surface area contributed by atoms with Crippen LogP contribution in [0.25, 0.3) is 5.76 Å². The zero-order chi connectivity index (χ0) is 24.3. The van der Waals surface area contributed by atoms with Crippen LogP contribution in [0, 0.1) is 6.92 Å². The lowest BCUT2D eigenvalue weighted by atomic mass is 9.92. The molecule has 1 unspecified atom stereocenters. The van der Waals surface area contributed by atoms with Gasteiger partial charge in [0.1, 0.15) is 11.5 Å². The average Bonchev–Trinajstić information content (AvgIpc) is 3.02. The van der Waals surface area contributed by atoms with Gasteiger partial charge in [-0.05, 0) is 68.8 Å². The van der Waals surface area contributed by atoms with Gasteiger partial charge < -0.3 is 19.6 Å². The van der Waals surface area contributed by atoms with Crippen molar-refractivity contribution in [3.05, 3.63) is 70.3 Å². The molecule has 1 N–H and O–H groups in total. The lowest BCUT2D eigenvalue weighted by molar-refractivity contribution is -0.140. The van der Waals surface area contributed by atoms with Crippen molar-refractivity contribution >= 4 is 17.4 Å². The highest BCUT2D eigenvalue weighted by atomic mass is 16.5. The van der Waals surface area contributed by atoms with Crippen LogP contribution in [0.5, 0.6) is 5.75 Å². The molecule has 0 radical (unpaired) electrons. The number of hydrogen-bond acceptors (Lipinski definition) is 5. The number of rotatable bonds is 8. The van der Waals surface area contributed by atoms with E-state index in [1.807, 2.05) is 63.2 Å². The fourth-order valence-corrected chi connectivity index (χ4v) is 4.13. The van der Waals surface area contributed by atoms with Gasteiger partial charge in [-0.15, -0.1) is 0 Å². The molecule has 0 bridgehead atoms. The Hall–Kier alpha value is -3.12. The predicted molar refractivity (Wildman–Crippen MR) is 130 cm³/mol. The summed E-state index contributed by atoms with van der Waals surface area (Å²) in [7, 11) is 3.85. The van der Waals surface area contributed by atoms with E-state index in [0.29, 0.717) is 36.9 Å². The first-order valence-electron chi connectivity index (χ1n) is 11.4. The Morgan fingerprint density at radius 1 is 1.12 bits per heavy atom. The van der Waals surface area contributed by atoms with Crippen LogP contribution in [-0.4, -0.2) is 60.4 Å². The average molecular weight is 451 g/mol. The van der Waals surface area contributed by atoms with Gasteiger partial charge in [-0.3, -0.25) is 9.59 Å². The second kappa shape index (κ2) is 10.2.